The number of rotatable bonds is 5. The summed E-state index contributed by atoms with van der Waals surface area (Å²) < 4.78 is 6.09. The van der Waals surface area contributed by atoms with Crippen LogP contribution in [0.4, 0.5) is 11.6 Å². The number of nitrogens with one attached hydrogen (secondary N) is 1. The second-order valence-corrected chi connectivity index (χ2v) is 7.50. The van der Waals surface area contributed by atoms with Crippen molar-refractivity contribution in [2.45, 2.75) is 58.2 Å². The Morgan fingerprint density at radius 2 is 1.91 bits per heavy atom. The average molecular weight is 304 g/mol. The largest absolute Gasteiger partial charge is 0.372 e. The van der Waals surface area contributed by atoms with Gasteiger partial charge in [0.05, 0.1) is 11.7 Å². The molecule has 0 radical (unpaired) electrons. The Bertz CT molecular complexity index is 488. The molecule has 1 aliphatic carbocycles. The molecule has 0 spiro atoms. The van der Waals surface area contributed by atoms with Gasteiger partial charge in [0.1, 0.15) is 18.0 Å². The van der Waals surface area contributed by atoms with Crippen LogP contribution in [-0.2, 0) is 4.74 Å². The van der Waals surface area contributed by atoms with E-state index in [4.69, 9.17) is 4.74 Å². The van der Waals surface area contributed by atoms with Gasteiger partial charge in [0.25, 0.3) is 0 Å². The maximum absolute atomic E-state index is 6.09. The second-order valence-electron chi connectivity index (χ2n) is 7.50. The van der Waals surface area contributed by atoms with E-state index < -0.39 is 0 Å². The van der Waals surface area contributed by atoms with Gasteiger partial charge in [-0.15, -0.1) is 0 Å². The maximum Gasteiger partial charge on any atom is 0.134 e. The predicted molar refractivity (Wildman–Crippen MR) is 89.3 cm³/mol. The molecule has 0 atom stereocenters. The van der Waals surface area contributed by atoms with Crippen LogP contribution < -0.4 is 10.2 Å². The van der Waals surface area contributed by atoms with Crippen molar-refractivity contribution in [2.75, 3.05) is 29.9 Å². The number of aromatic nitrogens is 2. The Balaban J connectivity index is 1.52. The summed E-state index contributed by atoms with van der Waals surface area (Å²) in [4.78, 5) is 11.1. The van der Waals surface area contributed by atoms with E-state index in [1.165, 1.54) is 12.8 Å². The highest BCUT2D eigenvalue weighted by Crippen LogP contribution is 2.29. The number of hydrogen-bond donors (Lipinski definition) is 1. The molecule has 122 valence electrons. The van der Waals surface area contributed by atoms with Gasteiger partial charge >= 0.3 is 0 Å². The lowest BCUT2D eigenvalue weighted by Crippen LogP contribution is -2.40. The zero-order chi connectivity index (χ0) is 15.6. The minimum Gasteiger partial charge on any atom is -0.372 e. The zero-order valence-corrected chi connectivity index (χ0v) is 14.0. The van der Waals surface area contributed by atoms with Crippen molar-refractivity contribution in [3.63, 3.8) is 0 Å². The Kier molecular flexibility index (Phi) is 4.52. The molecule has 2 fully saturated rings. The van der Waals surface area contributed by atoms with E-state index in [-0.39, 0.29) is 5.60 Å². The molecule has 0 bridgehead atoms. The smallest absolute Gasteiger partial charge is 0.134 e. The molecule has 1 saturated carbocycles. The van der Waals surface area contributed by atoms with Crippen molar-refractivity contribution in [1.29, 1.82) is 0 Å². The van der Waals surface area contributed by atoms with E-state index in [2.05, 4.69) is 47.0 Å². The monoisotopic (exact) mass is 304 g/mol. The highest BCUT2D eigenvalue weighted by molar-refractivity contribution is 5.48. The lowest BCUT2D eigenvalue weighted by atomic mass is 10.1. The van der Waals surface area contributed by atoms with E-state index in [1.54, 1.807) is 6.33 Å². The summed E-state index contributed by atoms with van der Waals surface area (Å²) in [6.07, 6.45) is 6.87. The third-order valence-electron chi connectivity index (χ3n) is 4.21. The van der Waals surface area contributed by atoms with E-state index in [9.17, 15) is 0 Å². The molecule has 5 heteroatoms. The summed E-state index contributed by atoms with van der Waals surface area (Å²) >= 11 is 0. The fraction of sp³-hybridized carbons (Fsp3) is 0.765. The molecule has 0 aromatic carbocycles. The van der Waals surface area contributed by atoms with Gasteiger partial charge < -0.3 is 15.0 Å². The van der Waals surface area contributed by atoms with Crippen molar-refractivity contribution < 1.29 is 4.74 Å². The summed E-state index contributed by atoms with van der Waals surface area (Å²) in [5, 5.41) is 3.42. The first-order chi connectivity index (χ1) is 10.5. The molecule has 1 saturated heterocycles. The number of hydrogen-bond acceptors (Lipinski definition) is 5. The van der Waals surface area contributed by atoms with E-state index in [0.717, 1.165) is 50.0 Å². The number of nitrogens with zero attached hydrogens (tertiary/aromatic N) is 3. The minimum atomic E-state index is -0.0539. The van der Waals surface area contributed by atoms with E-state index in [1.807, 2.05) is 0 Å². The van der Waals surface area contributed by atoms with E-state index in [0.29, 0.717) is 6.10 Å². The van der Waals surface area contributed by atoms with Crippen LogP contribution in [-0.4, -0.2) is 41.3 Å². The summed E-state index contributed by atoms with van der Waals surface area (Å²) in [7, 11) is 0. The topological polar surface area (TPSA) is 50.3 Å². The molecule has 22 heavy (non-hydrogen) atoms. The van der Waals surface area contributed by atoms with Crippen LogP contribution in [0.2, 0.25) is 0 Å². The van der Waals surface area contributed by atoms with Crippen LogP contribution >= 0.6 is 0 Å². The van der Waals surface area contributed by atoms with Gasteiger partial charge in [0.15, 0.2) is 0 Å². The van der Waals surface area contributed by atoms with Crippen LogP contribution in [0.15, 0.2) is 12.4 Å². The first-order valence-electron chi connectivity index (χ1n) is 8.48. The predicted octanol–water partition coefficient (Wildman–Crippen LogP) is 3.08. The Morgan fingerprint density at radius 3 is 2.55 bits per heavy atom. The lowest BCUT2D eigenvalue weighted by Gasteiger charge is -2.36. The number of anilines is 2. The Hall–Kier alpha value is -1.36. The summed E-state index contributed by atoms with van der Waals surface area (Å²) in [5.41, 5.74) is -0.0539. The van der Waals surface area contributed by atoms with Gasteiger partial charge in [-0.3, -0.25) is 0 Å². The highest BCUT2D eigenvalue weighted by atomic mass is 16.5. The Labute approximate surface area is 133 Å². The first-order valence-corrected chi connectivity index (χ1v) is 8.48. The maximum atomic E-state index is 6.09. The van der Waals surface area contributed by atoms with Crippen LogP contribution in [0, 0.1) is 5.92 Å². The molecule has 1 N–H and O–H groups in total. The number of piperidine rings is 1. The fourth-order valence-electron chi connectivity index (χ4n) is 2.89. The zero-order valence-electron chi connectivity index (χ0n) is 14.0. The molecule has 1 aliphatic heterocycles. The molecule has 1 aromatic heterocycles. The average Bonchev–Trinajstić information content (AvgIpc) is 3.29. The summed E-state index contributed by atoms with van der Waals surface area (Å²) in [6, 6.07) is 2.08. The van der Waals surface area contributed by atoms with Crippen molar-refractivity contribution in [3.8, 4) is 0 Å². The molecule has 2 heterocycles. The van der Waals surface area contributed by atoms with Crippen molar-refractivity contribution in [3.05, 3.63) is 12.4 Å². The fourth-order valence-corrected chi connectivity index (χ4v) is 2.89. The van der Waals surface area contributed by atoms with Gasteiger partial charge in [-0.2, -0.15) is 0 Å². The van der Waals surface area contributed by atoms with Gasteiger partial charge in [0, 0.05) is 25.7 Å². The second kappa shape index (κ2) is 6.41. The third-order valence-corrected chi connectivity index (χ3v) is 4.21. The summed E-state index contributed by atoms with van der Waals surface area (Å²) in [6.45, 7) is 9.42. The molecule has 5 nitrogen and oxygen atoms in total. The van der Waals surface area contributed by atoms with Gasteiger partial charge in [-0.25, -0.2) is 9.97 Å². The van der Waals surface area contributed by atoms with Crippen molar-refractivity contribution in [2.24, 2.45) is 5.92 Å². The lowest BCUT2D eigenvalue weighted by molar-refractivity contribution is -0.0683. The molecule has 3 rings (SSSR count). The quantitative estimate of drug-likeness (QED) is 0.906. The van der Waals surface area contributed by atoms with Crippen molar-refractivity contribution in [1.82, 2.24) is 9.97 Å². The Morgan fingerprint density at radius 1 is 1.18 bits per heavy atom. The molecular weight excluding hydrogens is 276 g/mol. The molecule has 0 amide bonds. The minimum absolute atomic E-state index is 0.0539. The first kappa shape index (κ1) is 15.5. The van der Waals surface area contributed by atoms with Crippen LogP contribution in [0.5, 0.6) is 0 Å². The molecule has 1 aromatic rings. The number of ether oxygens (including phenoxy) is 1. The van der Waals surface area contributed by atoms with E-state index >= 15 is 0 Å². The van der Waals surface area contributed by atoms with Gasteiger partial charge in [-0.05, 0) is 52.4 Å². The summed E-state index contributed by atoms with van der Waals surface area (Å²) in [5.74, 6) is 2.83. The van der Waals surface area contributed by atoms with Crippen LogP contribution in [0.25, 0.3) is 0 Å². The van der Waals surface area contributed by atoms with Crippen LogP contribution in [0.3, 0.4) is 0 Å². The molecule has 0 unspecified atom stereocenters. The molecule has 2 aliphatic rings. The standard InChI is InChI=1S/C17H28N4O/c1-17(2,3)22-14-6-8-21(9-7-14)16-10-15(19-12-20-16)18-11-13-4-5-13/h10,12-14H,4-9,11H2,1-3H3,(H,18,19,20). The SMILES string of the molecule is CC(C)(C)OC1CCN(c2cc(NCC3CC3)ncn2)CC1. The molecular formula is C17H28N4O. The normalized spacial score (nSPS) is 20.2. The van der Waals surface area contributed by atoms with Crippen LogP contribution in [0.1, 0.15) is 46.5 Å². The highest BCUT2D eigenvalue weighted by Gasteiger charge is 2.25. The van der Waals surface area contributed by atoms with Gasteiger partial charge in [0.2, 0.25) is 0 Å². The van der Waals surface area contributed by atoms with Crippen molar-refractivity contribution >= 4 is 11.6 Å². The third kappa shape index (κ3) is 4.57. The van der Waals surface area contributed by atoms with Gasteiger partial charge in [-0.1, -0.05) is 0 Å².